The van der Waals surface area contributed by atoms with Gasteiger partial charge in [0.1, 0.15) is 0 Å². The zero-order valence-electron chi connectivity index (χ0n) is 16.7. The van der Waals surface area contributed by atoms with Gasteiger partial charge in [0.2, 0.25) is 5.91 Å². The molecule has 0 spiro atoms. The highest BCUT2D eigenvalue weighted by Crippen LogP contribution is 2.17. The van der Waals surface area contributed by atoms with Gasteiger partial charge in [-0.15, -0.1) is 11.3 Å². The van der Waals surface area contributed by atoms with Gasteiger partial charge >= 0.3 is 0 Å². The smallest absolute Gasteiger partial charge is 0.257 e. The molecule has 0 bridgehead atoms. The largest absolute Gasteiger partial charge is 0.352 e. The Labute approximate surface area is 183 Å². The van der Waals surface area contributed by atoms with Crippen LogP contribution >= 0.6 is 11.3 Å². The highest BCUT2D eigenvalue weighted by Gasteiger charge is 2.11. The molecule has 7 nitrogen and oxygen atoms in total. The van der Waals surface area contributed by atoms with E-state index in [9.17, 15) is 9.59 Å². The zero-order chi connectivity index (χ0) is 21.5. The number of anilines is 1. The van der Waals surface area contributed by atoms with E-state index in [1.54, 1.807) is 35.8 Å². The quantitative estimate of drug-likeness (QED) is 0.447. The number of rotatable bonds is 8. The van der Waals surface area contributed by atoms with Crippen LogP contribution in [0.1, 0.15) is 27.2 Å². The Morgan fingerprint density at radius 2 is 1.84 bits per heavy atom. The van der Waals surface area contributed by atoms with Gasteiger partial charge in [-0.2, -0.15) is 5.10 Å². The number of amides is 2. The van der Waals surface area contributed by atoms with Crippen LogP contribution in [0.2, 0.25) is 0 Å². The Bertz CT molecular complexity index is 1160. The molecular formula is C23H21N5O2S. The summed E-state index contributed by atoms with van der Waals surface area (Å²) < 4.78 is 1.86. The van der Waals surface area contributed by atoms with Crippen LogP contribution in [0, 0.1) is 0 Å². The van der Waals surface area contributed by atoms with Crippen molar-refractivity contribution in [2.24, 2.45) is 0 Å². The van der Waals surface area contributed by atoms with Gasteiger partial charge in [-0.25, -0.2) is 4.98 Å². The number of nitrogens with zero attached hydrogens (tertiary/aromatic N) is 3. The number of carbonyl (C=O) groups excluding carboxylic acids is 2. The molecule has 0 unspecified atom stereocenters. The molecule has 2 heterocycles. The molecule has 31 heavy (non-hydrogen) atoms. The molecule has 0 aliphatic rings. The molecule has 0 radical (unpaired) electrons. The molecule has 0 saturated carbocycles. The molecule has 4 rings (SSSR count). The first-order chi connectivity index (χ1) is 15.2. The molecule has 156 valence electrons. The van der Waals surface area contributed by atoms with Crippen LogP contribution < -0.4 is 10.6 Å². The molecule has 0 saturated heterocycles. The van der Waals surface area contributed by atoms with E-state index in [1.807, 2.05) is 41.2 Å². The lowest BCUT2D eigenvalue weighted by molar-refractivity contribution is -0.120. The maximum absolute atomic E-state index is 12.3. The molecule has 4 aromatic rings. The van der Waals surface area contributed by atoms with E-state index < -0.39 is 0 Å². The lowest BCUT2D eigenvalue weighted by Crippen LogP contribution is -2.24. The van der Waals surface area contributed by atoms with E-state index in [0.29, 0.717) is 29.5 Å². The first-order valence-electron chi connectivity index (χ1n) is 9.78. The first-order valence-corrected chi connectivity index (χ1v) is 10.7. The number of aromatic nitrogens is 3. The Hall–Kier alpha value is -3.78. The third-order valence-electron chi connectivity index (χ3n) is 4.53. The highest BCUT2D eigenvalue weighted by molar-refractivity contribution is 7.14. The summed E-state index contributed by atoms with van der Waals surface area (Å²) in [5.74, 6) is -0.343. The number of thiazole rings is 1. The fourth-order valence-electron chi connectivity index (χ4n) is 3.05. The highest BCUT2D eigenvalue weighted by atomic mass is 32.1. The number of nitrogens with one attached hydrogen (secondary N) is 2. The van der Waals surface area contributed by atoms with Crippen LogP contribution in [-0.2, 0) is 24.3 Å². The normalized spacial score (nSPS) is 10.6. The summed E-state index contributed by atoms with van der Waals surface area (Å²) in [7, 11) is 0. The summed E-state index contributed by atoms with van der Waals surface area (Å²) in [5, 5.41) is 12.2. The summed E-state index contributed by atoms with van der Waals surface area (Å²) in [6.45, 7) is 1.12. The average molecular weight is 432 g/mol. The number of carbonyl (C=O) groups is 2. The molecule has 0 aliphatic heterocycles. The van der Waals surface area contributed by atoms with Crippen molar-refractivity contribution in [3.8, 4) is 0 Å². The minimum Gasteiger partial charge on any atom is -0.352 e. The van der Waals surface area contributed by atoms with Gasteiger partial charge in [-0.3, -0.25) is 19.6 Å². The fraction of sp³-hybridized carbons (Fsp3) is 0.130. The van der Waals surface area contributed by atoms with E-state index in [2.05, 4.69) is 26.8 Å². The Balaban J connectivity index is 1.27. The minimum absolute atomic E-state index is 0.122. The molecule has 0 atom stereocenters. The fourth-order valence-corrected chi connectivity index (χ4v) is 3.76. The summed E-state index contributed by atoms with van der Waals surface area (Å²) in [5.41, 5.74) is 3.32. The number of hydrogen-bond acceptors (Lipinski definition) is 5. The Kier molecular flexibility index (Phi) is 6.49. The second-order valence-electron chi connectivity index (χ2n) is 6.94. The van der Waals surface area contributed by atoms with Crippen molar-refractivity contribution in [2.45, 2.75) is 19.5 Å². The predicted molar refractivity (Wildman–Crippen MR) is 120 cm³/mol. The number of hydrogen-bond donors (Lipinski definition) is 2. The first kappa shape index (κ1) is 20.5. The van der Waals surface area contributed by atoms with Crippen molar-refractivity contribution in [3.63, 3.8) is 0 Å². The van der Waals surface area contributed by atoms with Gasteiger partial charge in [0.05, 0.1) is 18.7 Å². The number of benzene rings is 2. The SMILES string of the molecule is O=C(Cc1csc(NC(=O)c2ccccc2)n1)NCc1cccc(Cn2cccn2)c1. The van der Waals surface area contributed by atoms with Crippen LogP contribution in [0.3, 0.4) is 0 Å². The lowest BCUT2D eigenvalue weighted by Gasteiger charge is -2.07. The van der Waals surface area contributed by atoms with Gasteiger partial charge in [0.15, 0.2) is 5.13 Å². The monoisotopic (exact) mass is 431 g/mol. The van der Waals surface area contributed by atoms with Crippen molar-refractivity contribution in [1.29, 1.82) is 0 Å². The van der Waals surface area contributed by atoms with Gasteiger partial charge in [-0.05, 0) is 29.3 Å². The van der Waals surface area contributed by atoms with Gasteiger partial charge in [0.25, 0.3) is 5.91 Å². The van der Waals surface area contributed by atoms with Crippen molar-refractivity contribution in [2.75, 3.05) is 5.32 Å². The van der Waals surface area contributed by atoms with Crippen LogP contribution in [0.15, 0.2) is 78.4 Å². The maximum Gasteiger partial charge on any atom is 0.257 e. The van der Waals surface area contributed by atoms with E-state index in [1.165, 1.54) is 11.3 Å². The molecule has 2 amide bonds. The Morgan fingerprint density at radius 3 is 2.65 bits per heavy atom. The van der Waals surface area contributed by atoms with Crippen LogP contribution in [0.25, 0.3) is 0 Å². The molecule has 2 aromatic heterocycles. The van der Waals surface area contributed by atoms with E-state index in [0.717, 1.165) is 11.1 Å². The molecule has 0 fully saturated rings. The third kappa shape index (κ3) is 5.86. The van der Waals surface area contributed by atoms with Crippen molar-refractivity contribution in [3.05, 3.63) is 101 Å². The van der Waals surface area contributed by atoms with Gasteiger partial charge in [-0.1, -0.05) is 42.5 Å². The van der Waals surface area contributed by atoms with Crippen LogP contribution in [0.4, 0.5) is 5.13 Å². The Morgan fingerprint density at radius 1 is 1.00 bits per heavy atom. The maximum atomic E-state index is 12.3. The second-order valence-corrected chi connectivity index (χ2v) is 7.80. The van der Waals surface area contributed by atoms with Crippen LogP contribution in [-0.4, -0.2) is 26.6 Å². The summed E-state index contributed by atoms with van der Waals surface area (Å²) in [6.07, 6.45) is 3.82. The standard InChI is InChI=1S/C23H21N5O2S/c29-21(24-14-17-6-4-7-18(12-17)15-28-11-5-10-25-28)13-20-16-31-23(26-20)27-22(30)19-8-2-1-3-9-19/h1-12,16H,13-15H2,(H,24,29)(H,26,27,30). The second kappa shape index (κ2) is 9.82. The molecule has 2 aromatic carbocycles. The van der Waals surface area contributed by atoms with Gasteiger partial charge in [0, 0.05) is 29.9 Å². The summed E-state index contributed by atoms with van der Waals surface area (Å²) in [6, 6.07) is 18.9. The lowest BCUT2D eigenvalue weighted by atomic mass is 10.1. The van der Waals surface area contributed by atoms with E-state index in [4.69, 9.17) is 0 Å². The minimum atomic E-state index is -0.221. The van der Waals surface area contributed by atoms with Crippen LogP contribution in [0.5, 0.6) is 0 Å². The van der Waals surface area contributed by atoms with E-state index >= 15 is 0 Å². The molecular weight excluding hydrogens is 410 g/mol. The molecule has 0 aliphatic carbocycles. The van der Waals surface area contributed by atoms with Crippen molar-refractivity contribution < 1.29 is 9.59 Å². The zero-order valence-corrected chi connectivity index (χ0v) is 17.5. The summed E-state index contributed by atoms with van der Waals surface area (Å²) >= 11 is 1.30. The van der Waals surface area contributed by atoms with Gasteiger partial charge < -0.3 is 5.32 Å². The third-order valence-corrected chi connectivity index (χ3v) is 5.34. The summed E-state index contributed by atoms with van der Waals surface area (Å²) in [4.78, 5) is 28.9. The predicted octanol–water partition coefficient (Wildman–Crippen LogP) is 3.50. The average Bonchev–Trinajstić information content (AvgIpc) is 3.45. The topological polar surface area (TPSA) is 88.9 Å². The van der Waals surface area contributed by atoms with Crippen molar-refractivity contribution >= 4 is 28.3 Å². The molecule has 2 N–H and O–H groups in total. The van der Waals surface area contributed by atoms with E-state index in [-0.39, 0.29) is 18.2 Å². The van der Waals surface area contributed by atoms with Crippen molar-refractivity contribution in [1.82, 2.24) is 20.1 Å². The molecule has 8 heteroatoms.